The molecular formula is C10H12NO2. The minimum Gasteiger partial charge on any atom is -0.445 e. The van der Waals surface area contributed by atoms with Gasteiger partial charge in [0.15, 0.2) is 0 Å². The molecule has 1 rings (SSSR count). The number of nitrogens with zero attached hydrogens (tertiary/aromatic N) is 1. The van der Waals surface area contributed by atoms with Crippen LogP contribution in [0.2, 0.25) is 0 Å². The Morgan fingerprint density at radius 1 is 1.46 bits per heavy atom. The van der Waals surface area contributed by atoms with Crippen LogP contribution >= 0.6 is 0 Å². The van der Waals surface area contributed by atoms with Gasteiger partial charge in [0.25, 0.3) is 0 Å². The Labute approximate surface area is 77.9 Å². The molecule has 0 spiro atoms. The van der Waals surface area contributed by atoms with Gasteiger partial charge in [-0.2, -0.15) is 0 Å². The van der Waals surface area contributed by atoms with Crippen LogP contribution in [0.15, 0.2) is 30.3 Å². The van der Waals surface area contributed by atoms with Crippen molar-refractivity contribution in [3.8, 4) is 0 Å². The molecule has 0 N–H and O–H groups in total. The summed E-state index contributed by atoms with van der Waals surface area (Å²) in [6.45, 7) is 0.291. The predicted molar refractivity (Wildman–Crippen MR) is 49.7 cm³/mol. The van der Waals surface area contributed by atoms with Gasteiger partial charge in [-0.1, -0.05) is 30.3 Å². The Hall–Kier alpha value is -1.51. The van der Waals surface area contributed by atoms with Gasteiger partial charge in [-0.15, -0.1) is 0 Å². The lowest BCUT2D eigenvalue weighted by atomic mass is 10.2. The topological polar surface area (TPSA) is 29.5 Å². The predicted octanol–water partition coefficient (Wildman–Crippen LogP) is 2.05. The zero-order valence-corrected chi connectivity index (χ0v) is 7.56. The molecule has 69 valence electrons. The van der Waals surface area contributed by atoms with Crippen molar-refractivity contribution in [1.82, 2.24) is 4.90 Å². The number of benzene rings is 1. The van der Waals surface area contributed by atoms with Gasteiger partial charge >= 0.3 is 6.09 Å². The molecule has 0 atom stereocenters. The van der Waals surface area contributed by atoms with Gasteiger partial charge in [0.1, 0.15) is 6.61 Å². The van der Waals surface area contributed by atoms with E-state index in [1.807, 2.05) is 30.3 Å². The van der Waals surface area contributed by atoms with Crippen LogP contribution in [0.5, 0.6) is 0 Å². The number of rotatable bonds is 2. The molecular weight excluding hydrogens is 166 g/mol. The lowest BCUT2D eigenvalue weighted by Crippen LogP contribution is -2.20. The second-order valence-corrected chi connectivity index (χ2v) is 2.74. The van der Waals surface area contributed by atoms with Crippen molar-refractivity contribution in [1.29, 1.82) is 0 Å². The van der Waals surface area contributed by atoms with E-state index in [0.717, 1.165) is 10.5 Å². The van der Waals surface area contributed by atoms with Gasteiger partial charge in [0.05, 0.1) is 0 Å². The molecule has 0 saturated carbocycles. The van der Waals surface area contributed by atoms with Crippen LogP contribution in [0.1, 0.15) is 5.56 Å². The van der Waals surface area contributed by atoms with Gasteiger partial charge < -0.3 is 9.64 Å². The van der Waals surface area contributed by atoms with Crippen molar-refractivity contribution < 1.29 is 9.53 Å². The summed E-state index contributed by atoms with van der Waals surface area (Å²) in [5.74, 6) is 0. The van der Waals surface area contributed by atoms with Crippen molar-refractivity contribution in [3.05, 3.63) is 42.9 Å². The molecule has 1 aromatic rings. The summed E-state index contributed by atoms with van der Waals surface area (Å²) in [5, 5.41) is 0. The summed E-state index contributed by atoms with van der Waals surface area (Å²) < 4.78 is 4.91. The van der Waals surface area contributed by atoms with Gasteiger partial charge in [0.2, 0.25) is 0 Å². The Bertz CT molecular complexity index is 270. The van der Waals surface area contributed by atoms with E-state index in [2.05, 4.69) is 7.05 Å². The Morgan fingerprint density at radius 3 is 2.62 bits per heavy atom. The summed E-state index contributed by atoms with van der Waals surface area (Å²) >= 11 is 0. The number of carbonyl (C=O) groups excluding carboxylic acids is 1. The zero-order valence-electron chi connectivity index (χ0n) is 7.56. The summed E-state index contributed by atoms with van der Waals surface area (Å²) in [7, 11) is 4.96. The van der Waals surface area contributed by atoms with E-state index in [4.69, 9.17) is 4.74 Å². The lowest BCUT2D eigenvalue weighted by molar-refractivity contribution is 0.116. The average molecular weight is 178 g/mol. The molecule has 1 aromatic carbocycles. The molecule has 0 saturated heterocycles. The molecule has 0 bridgehead atoms. The second-order valence-electron chi connectivity index (χ2n) is 2.74. The van der Waals surface area contributed by atoms with E-state index in [1.54, 1.807) is 7.05 Å². The third kappa shape index (κ3) is 3.15. The fraction of sp³-hybridized carbons (Fsp3) is 0.200. The standard InChI is InChI=1S/C10H12NO2/c1-11(2)10(12)13-8-9-6-4-3-5-7-9/h3-7H,1,8H2,2H3. The van der Waals surface area contributed by atoms with Crippen LogP contribution in [0.25, 0.3) is 0 Å². The lowest BCUT2D eigenvalue weighted by Gasteiger charge is -2.10. The second kappa shape index (κ2) is 4.50. The SMILES string of the molecule is [CH2]N(C)C(=O)OCc1ccccc1. The summed E-state index contributed by atoms with van der Waals surface area (Å²) in [5.41, 5.74) is 0.970. The molecule has 3 heteroatoms. The minimum atomic E-state index is -0.427. The normalized spacial score (nSPS) is 9.38. The third-order valence-corrected chi connectivity index (χ3v) is 1.52. The van der Waals surface area contributed by atoms with Crippen molar-refractivity contribution in [3.63, 3.8) is 0 Å². The van der Waals surface area contributed by atoms with Gasteiger partial charge in [-0.25, -0.2) is 4.79 Å². The van der Waals surface area contributed by atoms with Gasteiger partial charge in [-0.05, 0) is 5.56 Å². The van der Waals surface area contributed by atoms with Crippen molar-refractivity contribution in [2.45, 2.75) is 6.61 Å². The molecule has 0 aliphatic carbocycles. The number of ether oxygens (including phenoxy) is 1. The van der Waals surface area contributed by atoms with Gasteiger partial charge in [-0.3, -0.25) is 0 Å². The molecule has 0 fully saturated rings. The van der Waals surface area contributed by atoms with Crippen LogP contribution < -0.4 is 0 Å². The van der Waals surface area contributed by atoms with Crippen LogP contribution in [-0.4, -0.2) is 18.0 Å². The van der Waals surface area contributed by atoms with E-state index < -0.39 is 6.09 Å². The highest BCUT2D eigenvalue weighted by Gasteiger charge is 2.03. The number of carbonyl (C=O) groups is 1. The highest BCUT2D eigenvalue weighted by molar-refractivity contribution is 5.67. The van der Waals surface area contributed by atoms with Crippen LogP contribution in [0, 0.1) is 7.05 Å². The van der Waals surface area contributed by atoms with Crippen LogP contribution in [0.3, 0.4) is 0 Å². The number of hydrogen-bond donors (Lipinski definition) is 0. The maximum absolute atomic E-state index is 11.0. The van der Waals surface area contributed by atoms with Crippen molar-refractivity contribution in [2.75, 3.05) is 7.05 Å². The maximum atomic E-state index is 11.0. The summed E-state index contributed by atoms with van der Waals surface area (Å²) in [6.07, 6.45) is -0.427. The quantitative estimate of drug-likeness (QED) is 0.693. The molecule has 1 radical (unpaired) electrons. The van der Waals surface area contributed by atoms with Crippen molar-refractivity contribution >= 4 is 6.09 Å². The van der Waals surface area contributed by atoms with E-state index in [9.17, 15) is 4.79 Å². The summed E-state index contributed by atoms with van der Waals surface area (Å²) in [4.78, 5) is 12.1. The molecule has 0 unspecified atom stereocenters. The Kier molecular flexibility index (Phi) is 3.31. The fourth-order valence-corrected chi connectivity index (χ4v) is 0.829. The average Bonchev–Trinajstić information content (AvgIpc) is 2.15. The molecule has 3 nitrogen and oxygen atoms in total. The Morgan fingerprint density at radius 2 is 2.08 bits per heavy atom. The smallest absolute Gasteiger partial charge is 0.409 e. The molecule has 1 amide bonds. The first-order chi connectivity index (χ1) is 6.20. The van der Waals surface area contributed by atoms with Crippen molar-refractivity contribution in [2.24, 2.45) is 0 Å². The van der Waals surface area contributed by atoms with Gasteiger partial charge in [0, 0.05) is 14.1 Å². The Balaban J connectivity index is 2.40. The highest BCUT2D eigenvalue weighted by Crippen LogP contribution is 2.01. The van der Waals surface area contributed by atoms with E-state index in [1.165, 1.54) is 0 Å². The van der Waals surface area contributed by atoms with E-state index >= 15 is 0 Å². The third-order valence-electron chi connectivity index (χ3n) is 1.52. The zero-order chi connectivity index (χ0) is 9.68. The first kappa shape index (κ1) is 9.58. The van der Waals surface area contributed by atoms with E-state index in [0.29, 0.717) is 6.61 Å². The van der Waals surface area contributed by atoms with Crippen LogP contribution in [-0.2, 0) is 11.3 Å². The molecule has 0 aliphatic rings. The maximum Gasteiger partial charge on any atom is 0.409 e. The monoisotopic (exact) mass is 178 g/mol. The molecule has 13 heavy (non-hydrogen) atoms. The first-order valence-corrected chi connectivity index (χ1v) is 3.95. The number of hydrogen-bond acceptors (Lipinski definition) is 2. The fourth-order valence-electron chi connectivity index (χ4n) is 0.829. The largest absolute Gasteiger partial charge is 0.445 e. The highest BCUT2D eigenvalue weighted by atomic mass is 16.6. The first-order valence-electron chi connectivity index (χ1n) is 3.95. The summed E-state index contributed by atoms with van der Waals surface area (Å²) in [6, 6.07) is 9.51. The minimum absolute atomic E-state index is 0.291. The molecule has 0 aromatic heterocycles. The molecule has 0 aliphatic heterocycles. The molecule has 0 heterocycles. The van der Waals surface area contributed by atoms with E-state index in [-0.39, 0.29) is 0 Å². The number of amides is 1. The van der Waals surface area contributed by atoms with Crippen LogP contribution in [0.4, 0.5) is 4.79 Å².